The number of benzene rings is 3. The maximum Gasteiger partial charge on any atom is 0.270 e. The molecule has 8 heteroatoms. The molecule has 6 N–H and O–H groups in total. The number of carbonyl (C=O) groups excluding carboxylic acids is 1. The van der Waals surface area contributed by atoms with Crippen LogP contribution in [0.15, 0.2) is 66.7 Å². The smallest absolute Gasteiger partial charge is 0.270 e. The molecular formula is C20H19N3O5. The zero-order valence-corrected chi connectivity index (χ0v) is 14.8. The molecule has 3 aromatic carbocycles. The van der Waals surface area contributed by atoms with Crippen LogP contribution < -0.4 is 11.5 Å². The van der Waals surface area contributed by atoms with E-state index < -0.39 is 10.7 Å². The number of hydrogen-bond donors (Lipinski definition) is 4. The molecule has 0 saturated heterocycles. The zero-order valence-electron chi connectivity index (χ0n) is 14.8. The molecule has 0 heterocycles. The second-order valence-corrected chi connectivity index (χ2v) is 5.75. The van der Waals surface area contributed by atoms with Gasteiger partial charge in [-0.2, -0.15) is 0 Å². The number of ketones is 1. The maximum atomic E-state index is 12.1. The van der Waals surface area contributed by atoms with Crippen LogP contribution >= 0.6 is 0 Å². The lowest BCUT2D eigenvalue weighted by Gasteiger charge is -2.03. The summed E-state index contributed by atoms with van der Waals surface area (Å²) in [5.41, 5.74) is 12.1. The van der Waals surface area contributed by atoms with Crippen molar-refractivity contribution in [2.45, 2.75) is 6.54 Å². The molecule has 0 radical (unpaired) electrons. The van der Waals surface area contributed by atoms with E-state index in [0.29, 0.717) is 23.4 Å². The van der Waals surface area contributed by atoms with Crippen LogP contribution in [0.25, 0.3) is 0 Å². The van der Waals surface area contributed by atoms with Crippen molar-refractivity contribution >= 4 is 17.2 Å². The van der Waals surface area contributed by atoms with Crippen LogP contribution in [0.4, 0.5) is 11.4 Å². The quantitative estimate of drug-likeness (QED) is 0.178. The third kappa shape index (κ3) is 5.05. The molecule has 0 fully saturated rings. The summed E-state index contributed by atoms with van der Waals surface area (Å²) >= 11 is 0. The van der Waals surface area contributed by atoms with Crippen LogP contribution in [0.2, 0.25) is 0 Å². The van der Waals surface area contributed by atoms with Gasteiger partial charge in [0.05, 0.1) is 10.5 Å². The van der Waals surface area contributed by atoms with E-state index in [0.717, 1.165) is 18.2 Å². The number of nitro benzene ring substituents is 1. The highest BCUT2D eigenvalue weighted by Crippen LogP contribution is 2.25. The molecule has 0 amide bonds. The van der Waals surface area contributed by atoms with Gasteiger partial charge in [-0.25, -0.2) is 0 Å². The Bertz CT molecular complexity index is 990. The summed E-state index contributed by atoms with van der Waals surface area (Å²) in [7, 11) is 0. The van der Waals surface area contributed by atoms with E-state index in [-0.39, 0.29) is 22.7 Å². The first kappa shape index (κ1) is 20.4. The van der Waals surface area contributed by atoms with Gasteiger partial charge >= 0.3 is 0 Å². The zero-order chi connectivity index (χ0) is 20.7. The van der Waals surface area contributed by atoms with Crippen LogP contribution in [0.3, 0.4) is 0 Å². The lowest BCUT2D eigenvalue weighted by Crippen LogP contribution is -2.02. The number of nitrogens with zero attached hydrogens (tertiary/aromatic N) is 1. The molecule has 0 bridgehead atoms. The normalized spacial score (nSPS) is 9.89. The first-order chi connectivity index (χ1) is 13.3. The van der Waals surface area contributed by atoms with Crippen LogP contribution in [-0.4, -0.2) is 20.9 Å². The largest absolute Gasteiger partial charge is 0.508 e. The number of phenols is 2. The predicted molar refractivity (Wildman–Crippen MR) is 105 cm³/mol. The predicted octanol–water partition coefficient (Wildman–Crippen LogP) is 2.96. The molecule has 3 rings (SSSR count). The summed E-state index contributed by atoms with van der Waals surface area (Å²) in [5, 5.41) is 29.3. The Morgan fingerprint density at radius 3 is 2.18 bits per heavy atom. The first-order valence-corrected chi connectivity index (χ1v) is 8.18. The molecule has 0 atom stereocenters. The van der Waals surface area contributed by atoms with Gasteiger partial charge in [0, 0.05) is 35.5 Å². The molecule has 0 aromatic heterocycles. The number of carbonyl (C=O) groups is 1. The van der Waals surface area contributed by atoms with E-state index in [9.17, 15) is 20.0 Å². The Morgan fingerprint density at radius 1 is 0.964 bits per heavy atom. The Hall–Kier alpha value is -3.91. The average molecular weight is 381 g/mol. The van der Waals surface area contributed by atoms with Gasteiger partial charge in [0.2, 0.25) is 0 Å². The molecule has 0 aliphatic rings. The minimum Gasteiger partial charge on any atom is -0.508 e. The van der Waals surface area contributed by atoms with Gasteiger partial charge in [-0.05, 0) is 24.3 Å². The lowest BCUT2D eigenvalue weighted by molar-refractivity contribution is -0.384. The Labute approximate surface area is 160 Å². The van der Waals surface area contributed by atoms with Crippen LogP contribution in [0.5, 0.6) is 11.5 Å². The second kappa shape index (κ2) is 9.15. The van der Waals surface area contributed by atoms with Crippen molar-refractivity contribution < 1.29 is 19.9 Å². The number of non-ortho nitro benzene ring substituents is 1. The van der Waals surface area contributed by atoms with E-state index in [2.05, 4.69) is 0 Å². The summed E-state index contributed by atoms with van der Waals surface area (Å²) < 4.78 is 0. The molecule has 0 aliphatic heterocycles. The topological polar surface area (TPSA) is 153 Å². The highest BCUT2D eigenvalue weighted by molar-refractivity contribution is 6.10. The molecule has 28 heavy (non-hydrogen) atoms. The van der Waals surface area contributed by atoms with Crippen molar-refractivity contribution in [3.63, 3.8) is 0 Å². The highest BCUT2D eigenvalue weighted by atomic mass is 16.6. The van der Waals surface area contributed by atoms with Crippen LogP contribution in [0.1, 0.15) is 21.5 Å². The molecule has 0 unspecified atom stereocenters. The van der Waals surface area contributed by atoms with Gasteiger partial charge in [0.25, 0.3) is 5.69 Å². The fourth-order valence-corrected chi connectivity index (χ4v) is 2.33. The minimum atomic E-state index is -0.610. The minimum absolute atomic E-state index is 0.0737. The van der Waals surface area contributed by atoms with Crippen molar-refractivity contribution in [3.8, 4) is 11.5 Å². The van der Waals surface area contributed by atoms with Crippen LogP contribution in [-0.2, 0) is 6.54 Å². The van der Waals surface area contributed by atoms with E-state index in [4.69, 9.17) is 16.6 Å². The first-order valence-electron chi connectivity index (χ1n) is 8.18. The molecule has 0 aliphatic carbocycles. The average Bonchev–Trinajstić information content (AvgIpc) is 2.70. The number of nitrogen functional groups attached to an aromatic ring is 1. The Kier molecular flexibility index (Phi) is 6.67. The summed E-state index contributed by atoms with van der Waals surface area (Å²) in [6.45, 7) is 0.316. The Morgan fingerprint density at radius 2 is 1.61 bits per heavy atom. The van der Waals surface area contributed by atoms with Crippen molar-refractivity contribution in [2.24, 2.45) is 5.73 Å². The number of phenolic OH excluding ortho intramolecular Hbond substituents is 2. The summed E-state index contributed by atoms with van der Waals surface area (Å²) in [6.07, 6.45) is 0. The van der Waals surface area contributed by atoms with Gasteiger partial charge in [-0.15, -0.1) is 0 Å². The van der Waals surface area contributed by atoms with E-state index >= 15 is 0 Å². The monoisotopic (exact) mass is 381 g/mol. The van der Waals surface area contributed by atoms with Crippen molar-refractivity contribution in [3.05, 3.63) is 93.5 Å². The molecule has 0 saturated carbocycles. The van der Waals surface area contributed by atoms with Crippen molar-refractivity contribution in [1.29, 1.82) is 0 Å². The fourth-order valence-electron chi connectivity index (χ4n) is 2.33. The number of nitrogens with two attached hydrogens (primary N) is 2. The highest BCUT2D eigenvalue weighted by Gasteiger charge is 2.17. The fraction of sp³-hybridized carbons (Fsp3) is 0.0500. The Balaban J connectivity index is 0.000000237. The summed E-state index contributed by atoms with van der Waals surface area (Å²) in [5.74, 6) is -0.511. The standard InChI is InChI=1S/C13H9NO4.C7H10N2O/c15-12-7-6-10(14(17)18)8-11(12)13(16)9-4-2-1-3-5-9;8-4-5-3-6(9)1-2-7(5)10/h1-8,15H;1-3,10H,4,8-9H2. The van der Waals surface area contributed by atoms with Gasteiger partial charge in [-0.1, -0.05) is 30.3 Å². The van der Waals surface area contributed by atoms with E-state index in [1.54, 1.807) is 42.5 Å². The van der Waals surface area contributed by atoms with Gasteiger partial charge in [0.1, 0.15) is 11.5 Å². The summed E-state index contributed by atoms with van der Waals surface area (Å²) in [6, 6.07) is 16.5. The van der Waals surface area contributed by atoms with Crippen molar-refractivity contribution in [1.82, 2.24) is 0 Å². The van der Waals surface area contributed by atoms with Crippen LogP contribution in [0, 0.1) is 10.1 Å². The number of rotatable bonds is 4. The molecule has 144 valence electrons. The third-order valence-electron chi connectivity index (χ3n) is 3.80. The number of anilines is 1. The number of hydrogen-bond acceptors (Lipinski definition) is 7. The maximum absolute atomic E-state index is 12.1. The summed E-state index contributed by atoms with van der Waals surface area (Å²) in [4.78, 5) is 22.1. The van der Waals surface area contributed by atoms with Gasteiger partial charge in [-0.3, -0.25) is 14.9 Å². The van der Waals surface area contributed by atoms with Gasteiger partial charge < -0.3 is 21.7 Å². The molecular weight excluding hydrogens is 362 g/mol. The SMILES string of the molecule is NCc1cc(N)ccc1O.O=C(c1ccccc1)c1cc([N+](=O)[O-])ccc1O. The lowest BCUT2D eigenvalue weighted by atomic mass is 10.0. The van der Waals surface area contributed by atoms with E-state index in [1.807, 2.05) is 0 Å². The second-order valence-electron chi connectivity index (χ2n) is 5.75. The molecule has 0 spiro atoms. The van der Waals surface area contributed by atoms with E-state index in [1.165, 1.54) is 6.07 Å². The molecule has 3 aromatic rings. The van der Waals surface area contributed by atoms with Gasteiger partial charge in [0.15, 0.2) is 5.78 Å². The van der Waals surface area contributed by atoms with Crippen molar-refractivity contribution in [2.75, 3.05) is 5.73 Å². The third-order valence-corrected chi connectivity index (χ3v) is 3.80. The number of aromatic hydroxyl groups is 2. The molecule has 8 nitrogen and oxygen atoms in total. The number of nitro groups is 1.